The molecule has 3 N–H and O–H groups in total. The Kier molecular flexibility index (Phi) is 7.23. The average Bonchev–Trinajstić information content (AvgIpc) is 2.26. The third-order valence-electron chi connectivity index (χ3n) is 2.12. The van der Waals surface area contributed by atoms with Crippen LogP contribution in [0.25, 0.3) is 0 Å². The summed E-state index contributed by atoms with van der Waals surface area (Å²) in [5, 5.41) is 9.64. The van der Waals surface area contributed by atoms with Gasteiger partial charge in [0.1, 0.15) is 5.54 Å². The molecule has 18 heavy (non-hydrogen) atoms. The summed E-state index contributed by atoms with van der Waals surface area (Å²) in [6, 6.07) is 0. The van der Waals surface area contributed by atoms with Crippen LogP contribution in [0.1, 0.15) is 27.2 Å². The van der Waals surface area contributed by atoms with Crippen molar-refractivity contribution in [1.29, 1.82) is 0 Å². The Labute approximate surface area is 107 Å². The first kappa shape index (κ1) is 16.6. The third-order valence-corrected chi connectivity index (χ3v) is 2.12. The molecule has 6 nitrogen and oxygen atoms in total. The van der Waals surface area contributed by atoms with E-state index in [1.54, 1.807) is 13.8 Å². The summed E-state index contributed by atoms with van der Waals surface area (Å²) >= 11 is 0. The van der Waals surface area contributed by atoms with Gasteiger partial charge < -0.3 is 20.3 Å². The maximum atomic E-state index is 11.5. The van der Waals surface area contributed by atoms with E-state index in [1.807, 2.05) is 0 Å². The Morgan fingerprint density at radius 2 is 1.89 bits per heavy atom. The zero-order valence-electron chi connectivity index (χ0n) is 11.0. The quantitative estimate of drug-likeness (QED) is 0.498. The van der Waals surface area contributed by atoms with Gasteiger partial charge in [0.2, 0.25) is 0 Å². The number of nitrogens with two attached hydrogens (primary N) is 1. The SMILES string of the molecule is CCOC(=O)C=CC(O)CC(C)(N)C(=O)OCC. The summed E-state index contributed by atoms with van der Waals surface area (Å²) < 4.78 is 9.43. The normalized spacial score (nSPS) is 16.1. The van der Waals surface area contributed by atoms with E-state index in [9.17, 15) is 14.7 Å². The van der Waals surface area contributed by atoms with Gasteiger partial charge in [0.05, 0.1) is 19.3 Å². The van der Waals surface area contributed by atoms with Crippen molar-refractivity contribution in [3.8, 4) is 0 Å². The fourth-order valence-electron chi connectivity index (χ4n) is 1.26. The van der Waals surface area contributed by atoms with Crippen LogP contribution in [0.3, 0.4) is 0 Å². The summed E-state index contributed by atoms with van der Waals surface area (Å²) in [7, 11) is 0. The molecule has 0 aliphatic heterocycles. The van der Waals surface area contributed by atoms with Crippen LogP contribution in [0, 0.1) is 0 Å². The Bertz CT molecular complexity index is 312. The summed E-state index contributed by atoms with van der Waals surface area (Å²) in [6.07, 6.45) is 1.29. The Morgan fingerprint density at radius 1 is 1.33 bits per heavy atom. The van der Waals surface area contributed by atoms with Gasteiger partial charge in [-0.15, -0.1) is 0 Å². The van der Waals surface area contributed by atoms with E-state index in [-0.39, 0.29) is 19.6 Å². The zero-order valence-corrected chi connectivity index (χ0v) is 11.0. The van der Waals surface area contributed by atoms with E-state index in [0.717, 1.165) is 6.08 Å². The topological polar surface area (TPSA) is 98.9 Å². The molecule has 0 radical (unpaired) electrons. The molecule has 0 bridgehead atoms. The van der Waals surface area contributed by atoms with Gasteiger partial charge in [0, 0.05) is 12.5 Å². The zero-order chi connectivity index (χ0) is 14.2. The highest BCUT2D eigenvalue weighted by molar-refractivity contribution is 5.82. The second-order valence-corrected chi connectivity index (χ2v) is 4.02. The minimum absolute atomic E-state index is 0.0399. The molecule has 104 valence electrons. The van der Waals surface area contributed by atoms with Crippen LogP contribution >= 0.6 is 0 Å². The van der Waals surface area contributed by atoms with Gasteiger partial charge in [-0.25, -0.2) is 4.79 Å². The van der Waals surface area contributed by atoms with Crippen LogP contribution in [0.2, 0.25) is 0 Å². The summed E-state index contributed by atoms with van der Waals surface area (Å²) in [5.41, 5.74) is 4.43. The molecule has 0 aromatic heterocycles. The fraction of sp³-hybridized carbons (Fsp3) is 0.667. The summed E-state index contributed by atoms with van der Waals surface area (Å²) in [5.74, 6) is -1.14. The van der Waals surface area contributed by atoms with Gasteiger partial charge in [0.15, 0.2) is 0 Å². The molecule has 2 unspecified atom stereocenters. The van der Waals surface area contributed by atoms with Crippen molar-refractivity contribution in [2.45, 2.75) is 38.8 Å². The highest BCUT2D eigenvalue weighted by Crippen LogP contribution is 2.12. The first-order chi connectivity index (χ1) is 8.33. The average molecular weight is 259 g/mol. The predicted octanol–water partition coefficient (Wildman–Crippen LogP) is 0.137. The number of esters is 2. The third kappa shape index (κ3) is 6.36. The van der Waals surface area contributed by atoms with E-state index in [1.165, 1.54) is 13.0 Å². The minimum Gasteiger partial charge on any atom is -0.465 e. The van der Waals surface area contributed by atoms with Crippen molar-refractivity contribution in [1.82, 2.24) is 0 Å². The van der Waals surface area contributed by atoms with Crippen LogP contribution in [0.5, 0.6) is 0 Å². The Balaban J connectivity index is 4.33. The fourth-order valence-corrected chi connectivity index (χ4v) is 1.26. The Hall–Kier alpha value is -1.40. The lowest BCUT2D eigenvalue weighted by Gasteiger charge is -2.23. The molecule has 0 rings (SSSR count). The van der Waals surface area contributed by atoms with Crippen LogP contribution in [0.15, 0.2) is 12.2 Å². The second-order valence-electron chi connectivity index (χ2n) is 4.02. The number of ether oxygens (including phenoxy) is 2. The molecule has 0 aliphatic carbocycles. The van der Waals surface area contributed by atoms with Gasteiger partial charge >= 0.3 is 11.9 Å². The van der Waals surface area contributed by atoms with Crippen LogP contribution in [0.4, 0.5) is 0 Å². The number of carbonyl (C=O) groups excluding carboxylic acids is 2. The number of aliphatic hydroxyl groups is 1. The lowest BCUT2D eigenvalue weighted by atomic mass is 9.95. The largest absolute Gasteiger partial charge is 0.465 e. The van der Waals surface area contributed by atoms with Gasteiger partial charge in [-0.3, -0.25) is 4.79 Å². The number of rotatable bonds is 7. The molecule has 0 aromatic carbocycles. The molecular formula is C12H21NO5. The molecular weight excluding hydrogens is 238 g/mol. The smallest absolute Gasteiger partial charge is 0.330 e. The van der Waals surface area contributed by atoms with E-state index in [0.29, 0.717) is 0 Å². The number of hydrogen-bond acceptors (Lipinski definition) is 6. The van der Waals surface area contributed by atoms with Gasteiger partial charge in [0.25, 0.3) is 0 Å². The monoisotopic (exact) mass is 259 g/mol. The maximum absolute atomic E-state index is 11.5. The van der Waals surface area contributed by atoms with E-state index < -0.39 is 23.6 Å². The Morgan fingerprint density at radius 3 is 2.39 bits per heavy atom. The number of hydrogen-bond donors (Lipinski definition) is 2. The van der Waals surface area contributed by atoms with Crippen molar-refractivity contribution < 1.29 is 24.2 Å². The molecule has 2 atom stereocenters. The van der Waals surface area contributed by atoms with Crippen molar-refractivity contribution in [3.05, 3.63) is 12.2 Å². The summed E-state index contributed by atoms with van der Waals surface area (Å²) in [4.78, 5) is 22.5. The van der Waals surface area contributed by atoms with Crippen molar-refractivity contribution >= 4 is 11.9 Å². The lowest BCUT2D eigenvalue weighted by Crippen LogP contribution is -2.48. The molecule has 0 aromatic rings. The second kappa shape index (κ2) is 7.84. The minimum atomic E-state index is -1.30. The van der Waals surface area contributed by atoms with E-state index in [2.05, 4.69) is 4.74 Å². The van der Waals surface area contributed by atoms with E-state index in [4.69, 9.17) is 10.5 Å². The van der Waals surface area contributed by atoms with Gasteiger partial charge in [-0.05, 0) is 26.8 Å². The molecule has 0 heterocycles. The molecule has 0 amide bonds. The van der Waals surface area contributed by atoms with Gasteiger partial charge in [-0.1, -0.05) is 0 Å². The number of aliphatic hydroxyl groups excluding tert-OH is 1. The van der Waals surface area contributed by atoms with Crippen LogP contribution < -0.4 is 5.73 Å². The van der Waals surface area contributed by atoms with Crippen LogP contribution in [-0.2, 0) is 19.1 Å². The molecule has 0 fully saturated rings. The van der Waals surface area contributed by atoms with Crippen LogP contribution in [-0.4, -0.2) is 41.9 Å². The van der Waals surface area contributed by atoms with E-state index >= 15 is 0 Å². The predicted molar refractivity (Wildman–Crippen MR) is 65.6 cm³/mol. The standard InChI is InChI=1S/C12H21NO5/c1-4-17-10(15)7-6-9(14)8-12(3,13)11(16)18-5-2/h6-7,9,14H,4-5,8,13H2,1-3H3. The highest BCUT2D eigenvalue weighted by atomic mass is 16.5. The molecule has 6 heteroatoms. The maximum Gasteiger partial charge on any atom is 0.330 e. The van der Waals surface area contributed by atoms with Crippen molar-refractivity contribution in [2.24, 2.45) is 5.73 Å². The first-order valence-electron chi connectivity index (χ1n) is 5.82. The van der Waals surface area contributed by atoms with Crippen molar-refractivity contribution in [2.75, 3.05) is 13.2 Å². The molecule has 0 spiro atoms. The first-order valence-corrected chi connectivity index (χ1v) is 5.82. The lowest BCUT2D eigenvalue weighted by molar-refractivity contribution is -0.149. The molecule has 0 aliphatic rings. The molecule has 0 saturated heterocycles. The molecule has 0 saturated carbocycles. The van der Waals surface area contributed by atoms with Gasteiger partial charge in [-0.2, -0.15) is 0 Å². The summed E-state index contributed by atoms with van der Waals surface area (Å²) in [6.45, 7) is 5.30. The highest BCUT2D eigenvalue weighted by Gasteiger charge is 2.31. The van der Waals surface area contributed by atoms with Crippen molar-refractivity contribution in [3.63, 3.8) is 0 Å². The number of carbonyl (C=O) groups is 2.